The SMILES string of the molecule is C=C.C=C(CC(C)(C)C)N1CCC(S)C1.C=C(N)CCC.C=CCC.CNCc1ccc(-c2scnc2C)cc1. The van der Waals surface area contributed by atoms with Crippen LogP contribution in [0.1, 0.15) is 78.0 Å². The van der Waals surface area contributed by atoms with E-state index < -0.39 is 0 Å². The lowest BCUT2D eigenvalue weighted by Gasteiger charge is -2.27. The normalized spacial score (nSPS) is 13.6. The molecule has 0 saturated carbocycles. The number of allylic oxidation sites excluding steroid dienone is 3. The van der Waals surface area contributed by atoms with Crippen LogP contribution in [0.2, 0.25) is 0 Å². The number of benzene rings is 1. The first-order valence-electron chi connectivity index (χ1n) is 14.2. The number of thiazole rings is 1. The number of nitrogens with two attached hydrogens (primary N) is 1. The van der Waals surface area contributed by atoms with E-state index in [2.05, 4.69) is 120 Å². The van der Waals surface area contributed by atoms with Crippen LogP contribution in [0.4, 0.5) is 0 Å². The second kappa shape index (κ2) is 23.4. The number of thiol groups is 1. The summed E-state index contributed by atoms with van der Waals surface area (Å²) in [6, 6.07) is 8.64. The fraction of sp³-hybridized carbons (Fsp3) is 0.500. The third kappa shape index (κ3) is 19.7. The highest BCUT2D eigenvalue weighted by Crippen LogP contribution is 2.28. The van der Waals surface area contributed by atoms with Crippen molar-refractivity contribution in [3.05, 3.63) is 91.4 Å². The molecule has 0 bridgehead atoms. The molecule has 40 heavy (non-hydrogen) atoms. The smallest absolute Gasteiger partial charge is 0.0801 e. The zero-order valence-electron chi connectivity index (χ0n) is 26.6. The number of hydrogen-bond acceptors (Lipinski definition) is 6. The van der Waals surface area contributed by atoms with Crippen LogP contribution in [0.5, 0.6) is 0 Å². The second-order valence-corrected chi connectivity index (χ2v) is 12.4. The fourth-order valence-electron chi connectivity index (χ4n) is 3.63. The Kier molecular flexibility index (Phi) is 23.3. The van der Waals surface area contributed by atoms with Gasteiger partial charge in [0, 0.05) is 36.3 Å². The van der Waals surface area contributed by atoms with Crippen LogP contribution in [0.3, 0.4) is 0 Å². The summed E-state index contributed by atoms with van der Waals surface area (Å²) in [6.07, 6.45) is 7.31. The summed E-state index contributed by atoms with van der Waals surface area (Å²) < 4.78 is 0. The van der Waals surface area contributed by atoms with E-state index in [0.717, 1.165) is 56.7 Å². The highest BCUT2D eigenvalue weighted by molar-refractivity contribution is 7.81. The first-order chi connectivity index (χ1) is 18.9. The van der Waals surface area contributed by atoms with Crippen LogP contribution in [-0.2, 0) is 6.54 Å². The van der Waals surface area contributed by atoms with E-state index in [1.807, 2.05) is 25.6 Å². The van der Waals surface area contributed by atoms with Crippen LogP contribution >= 0.6 is 24.0 Å². The van der Waals surface area contributed by atoms with Gasteiger partial charge >= 0.3 is 0 Å². The van der Waals surface area contributed by atoms with Gasteiger partial charge in [0.2, 0.25) is 0 Å². The van der Waals surface area contributed by atoms with Gasteiger partial charge in [0.15, 0.2) is 0 Å². The molecular weight excluding hydrogens is 529 g/mol. The molecule has 226 valence electrons. The Morgan fingerprint density at radius 3 is 2.10 bits per heavy atom. The second-order valence-electron chi connectivity index (χ2n) is 10.8. The van der Waals surface area contributed by atoms with E-state index in [9.17, 15) is 0 Å². The van der Waals surface area contributed by atoms with Gasteiger partial charge in [-0.05, 0) is 56.2 Å². The standard InChI is InChI=1S/C12H14N2S.C11H21NS.C5H11N.C4H8.C2H4/c1-9-12(15-8-14-9)11-5-3-10(4-6-11)7-13-2;1-9(7-11(2,3)4)12-6-5-10(13)8-12;1-3-4-5(2)6;1-3-4-2;1-2/h3-6,8,13H,7H2,1-2H3;10,13H,1,5-8H2,2-4H3;2-4,6H2,1H3;3H,1,4H2,2H3;1-2H2. The maximum absolute atomic E-state index is 5.21. The molecule has 0 radical (unpaired) electrons. The molecule has 3 rings (SSSR count). The molecule has 0 spiro atoms. The minimum Gasteiger partial charge on any atom is -0.403 e. The summed E-state index contributed by atoms with van der Waals surface area (Å²) in [5.74, 6) is 0. The zero-order chi connectivity index (χ0) is 31.1. The Hall–Kier alpha value is -2.28. The van der Waals surface area contributed by atoms with E-state index in [-0.39, 0.29) is 0 Å². The van der Waals surface area contributed by atoms with Crippen molar-refractivity contribution < 1.29 is 0 Å². The van der Waals surface area contributed by atoms with Gasteiger partial charge in [-0.25, -0.2) is 4.98 Å². The molecule has 1 aliphatic rings. The largest absolute Gasteiger partial charge is 0.403 e. The zero-order valence-corrected chi connectivity index (χ0v) is 28.3. The average Bonchev–Trinajstić information content (AvgIpc) is 3.54. The molecule has 1 aromatic carbocycles. The number of nitrogens with zero attached hydrogens (tertiary/aromatic N) is 2. The van der Waals surface area contributed by atoms with Crippen LogP contribution in [0.25, 0.3) is 10.4 Å². The molecule has 1 fully saturated rings. The van der Waals surface area contributed by atoms with E-state index >= 15 is 0 Å². The van der Waals surface area contributed by atoms with Gasteiger partial charge in [0.25, 0.3) is 0 Å². The quantitative estimate of drug-likeness (QED) is 0.213. The summed E-state index contributed by atoms with van der Waals surface area (Å²) in [4.78, 5) is 7.91. The number of aryl methyl sites for hydroxylation is 1. The molecule has 6 heteroatoms. The predicted octanol–water partition coefficient (Wildman–Crippen LogP) is 9.42. The van der Waals surface area contributed by atoms with Crippen molar-refractivity contribution in [3.63, 3.8) is 0 Å². The molecule has 1 atom stereocenters. The van der Waals surface area contributed by atoms with Crippen molar-refractivity contribution in [1.82, 2.24) is 15.2 Å². The first-order valence-corrected chi connectivity index (χ1v) is 15.6. The summed E-state index contributed by atoms with van der Waals surface area (Å²) in [5.41, 5.74) is 13.2. The van der Waals surface area contributed by atoms with E-state index in [1.54, 1.807) is 11.3 Å². The Morgan fingerprint density at radius 2 is 1.77 bits per heavy atom. The molecular formula is C34H58N4S2. The highest BCUT2D eigenvalue weighted by Gasteiger charge is 2.22. The molecule has 0 amide bonds. The first kappa shape index (κ1) is 39.9. The van der Waals surface area contributed by atoms with Gasteiger partial charge in [0.05, 0.1) is 16.1 Å². The van der Waals surface area contributed by atoms with Crippen molar-refractivity contribution in [2.45, 2.75) is 85.4 Å². The van der Waals surface area contributed by atoms with Crippen molar-refractivity contribution in [3.8, 4) is 10.4 Å². The molecule has 1 saturated heterocycles. The molecule has 1 aliphatic heterocycles. The third-order valence-corrected chi connectivity index (χ3v) is 6.95. The Balaban J connectivity index is 0. The maximum atomic E-state index is 5.21. The van der Waals surface area contributed by atoms with Crippen LogP contribution < -0.4 is 11.1 Å². The minimum atomic E-state index is 0.353. The average molecular weight is 587 g/mol. The molecule has 3 N–H and O–H groups in total. The molecule has 1 unspecified atom stereocenters. The molecule has 1 aromatic heterocycles. The monoisotopic (exact) mass is 586 g/mol. The van der Waals surface area contributed by atoms with E-state index in [1.165, 1.54) is 28.1 Å². The molecule has 2 aromatic rings. The number of nitrogens with one attached hydrogen (secondary N) is 1. The number of likely N-dealkylation sites (tertiary alicyclic amines) is 1. The highest BCUT2D eigenvalue weighted by atomic mass is 32.1. The Bertz CT molecular complexity index is 942. The van der Waals surface area contributed by atoms with Crippen LogP contribution in [0.15, 0.2) is 80.1 Å². The van der Waals surface area contributed by atoms with E-state index in [4.69, 9.17) is 5.73 Å². The molecule has 4 nitrogen and oxygen atoms in total. The minimum absolute atomic E-state index is 0.353. The maximum Gasteiger partial charge on any atom is 0.0801 e. The van der Waals surface area contributed by atoms with Crippen molar-refractivity contribution in [2.75, 3.05) is 20.1 Å². The van der Waals surface area contributed by atoms with Gasteiger partial charge in [0.1, 0.15) is 0 Å². The summed E-state index contributed by atoms with van der Waals surface area (Å²) in [7, 11) is 1.96. The third-order valence-electron chi connectivity index (χ3n) is 5.55. The van der Waals surface area contributed by atoms with Gasteiger partial charge in [-0.2, -0.15) is 12.6 Å². The summed E-state index contributed by atoms with van der Waals surface area (Å²) >= 11 is 6.17. The lowest BCUT2D eigenvalue weighted by atomic mass is 9.90. The fourth-order valence-corrected chi connectivity index (χ4v) is 4.76. The Morgan fingerprint density at radius 1 is 1.20 bits per heavy atom. The van der Waals surface area contributed by atoms with Crippen molar-refractivity contribution >= 4 is 24.0 Å². The lowest BCUT2D eigenvalue weighted by molar-refractivity contribution is 0.330. The summed E-state index contributed by atoms with van der Waals surface area (Å²) in [6.45, 7) is 33.3. The van der Waals surface area contributed by atoms with Gasteiger partial charge in [-0.3, -0.25) is 0 Å². The number of rotatable bonds is 8. The molecule has 2 heterocycles. The van der Waals surface area contributed by atoms with Crippen molar-refractivity contribution in [1.29, 1.82) is 0 Å². The number of hydrogen-bond donors (Lipinski definition) is 3. The van der Waals surface area contributed by atoms with E-state index in [0.29, 0.717) is 10.7 Å². The summed E-state index contributed by atoms with van der Waals surface area (Å²) in [5, 5.41) is 3.69. The lowest BCUT2D eigenvalue weighted by Crippen LogP contribution is -2.22. The topological polar surface area (TPSA) is 54.2 Å². The predicted molar refractivity (Wildman–Crippen MR) is 187 cm³/mol. The van der Waals surface area contributed by atoms with Gasteiger partial charge in [-0.1, -0.05) is 84.5 Å². The van der Waals surface area contributed by atoms with Gasteiger partial charge in [-0.15, -0.1) is 31.1 Å². The van der Waals surface area contributed by atoms with Crippen LogP contribution in [0, 0.1) is 12.3 Å². The van der Waals surface area contributed by atoms with Crippen LogP contribution in [-0.4, -0.2) is 35.3 Å². The van der Waals surface area contributed by atoms with Gasteiger partial charge < -0.3 is 16.0 Å². The Labute approximate surface area is 257 Å². The van der Waals surface area contributed by atoms with Crippen molar-refractivity contribution in [2.24, 2.45) is 11.1 Å². The molecule has 0 aliphatic carbocycles. The number of aromatic nitrogens is 1.